The number of hydrogen-bond acceptors (Lipinski definition) is 2. The van der Waals surface area contributed by atoms with Crippen LogP contribution in [0.15, 0.2) is 12.1 Å². The third kappa shape index (κ3) is 3.73. The zero-order chi connectivity index (χ0) is 13.4. The summed E-state index contributed by atoms with van der Waals surface area (Å²) < 4.78 is 8.54. The smallest absolute Gasteiger partial charge is 0.250 e. The van der Waals surface area contributed by atoms with Crippen molar-refractivity contribution in [3.05, 3.63) is 19.3 Å². The highest BCUT2D eigenvalue weighted by Crippen LogP contribution is 2.40. The van der Waals surface area contributed by atoms with Gasteiger partial charge in [-0.05, 0) is 75.4 Å². The van der Waals surface area contributed by atoms with E-state index in [4.69, 9.17) is 10.2 Å². The molecule has 0 amide bonds. The lowest BCUT2D eigenvalue weighted by molar-refractivity contribution is 0.487. The predicted octanol–water partition coefficient (Wildman–Crippen LogP) is 4.86. The molecule has 1 aromatic rings. The molecule has 0 aromatic heterocycles. The Labute approximate surface area is 132 Å². The van der Waals surface area contributed by atoms with E-state index in [0.717, 1.165) is 18.6 Å². The van der Waals surface area contributed by atoms with Gasteiger partial charge >= 0.3 is 0 Å². The Bertz CT molecular complexity index is 404. The summed E-state index contributed by atoms with van der Waals surface area (Å²) in [5.74, 6) is 0.993. The van der Waals surface area contributed by atoms with Gasteiger partial charge in [0.15, 0.2) is 0 Å². The Morgan fingerprint density at radius 3 is 1.88 bits per heavy atom. The van der Waals surface area contributed by atoms with Crippen LogP contribution in [0.3, 0.4) is 0 Å². The number of anilines is 1. The summed E-state index contributed by atoms with van der Waals surface area (Å²) in [6.45, 7) is 11.3. The van der Waals surface area contributed by atoms with Crippen molar-refractivity contribution in [3.63, 3.8) is 0 Å². The Balaban J connectivity index is 3.13. The molecule has 0 aliphatic rings. The first-order chi connectivity index (χ1) is 7.54. The van der Waals surface area contributed by atoms with Crippen LogP contribution in [-0.4, -0.2) is 8.32 Å². The normalized spacial score (nSPS) is 12.6. The molecule has 1 aromatic carbocycles. The summed E-state index contributed by atoms with van der Waals surface area (Å²) in [7, 11) is -1.78. The van der Waals surface area contributed by atoms with Crippen molar-refractivity contribution < 1.29 is 4.43 Å². The molecule has 0 aliphatic carbocycles. The Hall–Kier alpha value is 0.497. The number of nitrogen functional groups attached to an aromatic ring is 1. The van der Waals surface area contributed by atoms with E-state index in [1.807, 2.05) is 12.1 Å². The van der Waals surface area contributed by atoms with E-state index >= 15 is 0 Å². The van der Waals surface area contributed by atoms with E-state index in [9.17, 15) is 0 Å². The maximum atomic E-state index is 6.35. The molecule has 2 nitrogen and oxygen atoms in total. The minimum atomic E-state index is -1.78. The molecule has 0 atom stereocenters. The standard InChI is InChI=1S/C12H19I2NOSi/c1-12(2,3)17(4,5)16-11-9(13)6-8(15)7-10(11)14/h6-7H,15H2,1-5H3. The maximum absolute atomic E-state index is 6.35. The van der Waals surface area contributed by atoms with Crippen LogP contribution in [0.4, 0.5) is 5.69 Å². The zero-order valence-electron chi connectivity index (χ0n) is 10.9. The highest BCUT2D eigenvalue weighted by molar-refractivity contribution is 14.1. The van der Waals surface area contributed by atoms with Crippen molar-refractivity contribution in [1.29, 1.82) is 0 Å². The molecule has 0 unspecified atom stereocenters. The summed E-state index contributed by atoms with van der Waals surface area (Å²) in [6, 6.07) is 3.93. The second-order valence-corrected chi connectivity index (χ2v) is 12.7. The highest BCUT2D eigenvalue weighted by atomic mass is 127. The molecule has 0 radical (unpaired) electrons. The van der Waals surface area contributed by atoms with Gasteiger partial charge in [-0.1, -0.05) is 20.8 Å². The van der Waals surface area contributed by atoms with Crippen molar-refractivity contribution in [2.45, 2.75) is 38.9 Å². The number of hydrogen-bond donors (Lipinski definition) is 1. The van der Waals surface area contributed by atoms with Gasteiger partial charge < -0.3 is 10.2 Å². The summed E-state index contributed by atoms with van der Waals surface area (Å²) in [5.41, 5.74) is 6.62. The van der Waals surface area contributed by atoms with Gasteiger partial charge in [0, 0.05) is 5.69 Å². The lowest BCUT2D eigenvalue weighted by atomic mass is 10.2. The second-order valence-electron chi connectivity index (χ2n) is 5.68. The van der Waals surface area contributed by atoms with E-state index in [-0.39, 0.29) is 5.04 Å². The fourth-order valence-corrected chi connectivity index (χ4v) is 4.57. The number of nitrogens with two attached hydrogens (primary N) is 1. The molecular weight excluding hydrogens is 456 g/mol. The Morgan fingerprint density at radius 1 is 1.12 bits per heavy atom. The van der Waals surface area contributed by atoms with Crippen molar-refractivity contribution in [3.8, 4) is 5.75 Å². The van der Waals surface area contributed by atoms with E-state index in [1.165, 1.54) is 0 Å². The van der Waals surface area contributed by atoms with Gasteiger partial charge in [-0.25, -0.2) is 0 Å². The first-order valence-corrected chi connectivity index (χ1v) is 10.5. The molecule has 0 spiro atoms. The van der Waals surface area contributed by atoms with Crippen molar-refractivity contribution in [2.24, 2.45) is 0 Å². The summed E-state index contributed by atoms with van der Waals surface area (Å²) in [4.78, 5) is 0. The second kappa shape index (κ2) is 5.24. The van der Waals surface area contributed by atoms with Crippen LogP contribution in [0.1, 0.15) is 20.8 Å². The van der Waals surface area contributed by atoms with Crippen LogP contribution in [0.2, 0.25) is 18.1 Å². The average molecular weight is 475 g/mol. The first-order valence-electron chi connectivity index (χ1n) is 5.48. The van der Waals surface area contributed by atoms with Gasteiger partial charge in [0.05, 0.1) is 7.14 Å². The van der Waals surface area contributed by atoms with Crippen LogP contribution >= 0.6 is 45.2 Å². The van der Waals surface area contributed by atoms with Crippen LogP contribution < -0.4 is 10.2 Å². The monoisotopic (exact) mass is 475 g/mol. The fourth-order valence-electron chi connectivity index (χ4n) is 1.09. The molecule has 0 heterocycles. The largest absolute Gasteiger partial charge is 0.542 e. The Morgan fingerprint density at radius 2 is 1.53 bits per heavy atom. The van der Waals surface area contributed by atoms with Crippen molar-refractivity contribution >= 4 is 59.2 Å². The zero-order valence-corrected chi connectivity index (χ0v) is 16.2. The van der Waals surface area contributed by atoms with Gasteiger partial charge in [0.25, 0.3) is 8.32 Å². The highest BCUT2D eigenvalue weighted by Gasteiger charge is 2.39. The predicted molar refractivity (Wildman–Crippen MR) is 94.1 cm³/mol. The lowest BCUT2D eigenvalue weighted by Crippen LogP contribution is -2.44. The van der Waals surface area contributed by atoms with Crippen LogP contribution in [0, 0.1) is 7.14 Å². The van der Waals surface area contributed by atoms with Crippen LogP contribution in [-0.2, 0) is 0 Å². The third-order valence-corrected chi connectivity index (χ3v) is 9.11. The summed E-state index contributed by atoms with van der Waals surface area (Å²) >= 11 is 4.58. The molecule has 0 bridgehead atoms. The van der Waals surface area contributed by atoms with Crippen molar-refractivity contribution in [1.82, 2.24) is 0 Å². The van der Waals surface area contributed by atoms with E-state index in [2.05, 4.69) is 79.0 Å². The van der Waals surface area contributed by atoms with Gasteiger partial charge in [-0.2, -0.15) is 0 Å². The van der Waals surface area contributed by atoms with Crippen molar-refractivity contribution in [2.75, 3.05) is 5.73 Å². The minimum absolute atomic E-state index is 0.209. The van der Waals surface area contributed by atoms with Gasteiger partial charge in [0.2, 0.25) is 0 Å². The van der Waals surface area contributed by atoms with Gasteiger partial charge in [-0.15, -0.1) is 0 Å². The minimum Gasteiger partial charge on any atom is -0.542 e. The van der Waals surface area contributed by atoms with Crippen LogP contribution in [0.5, 0.6) is 5.75 Å². The van der Waals surface area contributed by atoms with Gasteiger partial charge in [-0.3, -0.25) is 0 Å². The van der Waals surface area contributed by atoms with Gasteiger partial charge in [0.1, 0.15) is 5.75 Å². The SMILES string of the molecule is CC(C)(C)[Si](C)(C)Oc1c(I)cc(N)cc1I. The molecule has 0 fully saturated rings. The number of halogens is 2. The molecule has 5 heteroatoms. The molecule has 96 valence electrons. The Kier molecular flexibility index (Phi) is 4.79. The molecule has 0 saturated carbocycles. The molecule has 17 heavy (non-hydrogen) atoms. The molecule has 0 saturated heterocycles. The quantitative estimate of drug-likeness (QED) is 0.377. The topological polar surface area (TPSA) is 35.2 Å². The lowest BCUT2D eigenvalue weighted by Gasteiger charge is -2.37. The van der Waals surface area contributed by atoms with E-state index < -0.39 is 8.32 Å². The van der Waals surface area contributed by atoms with E-state index in [0.29, 0.717) is 0 Å². The van der Waals surface area contributed by atoms with Crippen LogP contribution in [0.25, 0.3) is 0 Å². The molecule has 2 N–H and O–H groups in total. The third-order valence-electron chi connectivity index (χ3n) is 3.18. The average Bonchev–Trinajstić information content (AvgIpc) is 2.09. The number of benzene rings is 1. The first kappa shape index (κ1) is 15.6. The summed E-state index contributed by atoms with van der Waals surface area (Å²) in [5, 5.41) is 0.209. The fraction of sp³-hybridized carbons (Fsp3) is 0.500. The summed E-state index contributed by atoms with van der Waals surface area (Å²) in [6.07, 6.45) is 0. The van der Waals surface area contributed by atoms with E-state index in [1.54, 1.807) is 0 Å². The molecular formula is C12H19I2NOSi. The molecule has 1 rings (SSSR count). The maximum Gasteiger partial charge on any atom is 0.250 e. The molecule has 0 aliphatic heterocycles. The number of rotatable bonds is 2.